The standard InChI is InChI=1S/C25H35NO2/c1-4-7-10-19-11-12-21-20(17-19)18-25(15-8-5-2,16-9-6-3)24(21)26-22(27)13-14-23(26)28/h11-14,17,24H,4-10,15-16,18H2,1-3H3/t24-/m1/s1. The highest BCUT2D eigenvalue weighted by molar-refractivity contribution is 6.13. The summed E-state index contributed by atoms with van der Waals surface area (Å²) in [4.78, 5) is 26.8. The number of hydrogen-bond acceptors (Lipinski definition) is 2. The minimum absolute atomic E-state index is 0.0188. The molecule has 3 heteroatoms. The lowest BCUT2D eigenvalue weighted by Gasteiger charge is -2.40. The molecule has 1 aliphatic carbocycles. The Morgan fingerprint density at radius 2 is 1.54 bits per heavy atom. The van der Waals surface area contributed by atoms with Crippen LogP contribution in [0.25, 0.3) is 0 Å². The van der Waals surface area contributed by atoms with Crippen molar-refractivity contribution in [2.45, 2.75) is 91.0 Å². The summed E-state index contributed by atoms with van der Waals surface area (Å²) in [6, 6.07) is 6.67. The van der Waals surface area contributed by atoms with Crippen molar-refractivity contribution < 1.29 is 9.59 Å². The molecule has 0 bridgehead atoms. The van der Waals surface area contributed by atoms with Gasteiger partial charge in [0.2, 0.25) is 0 Å². The normalized spacial score (nSPS) is 20.2. The molecule has 0 unspecified atom stereocenters. The van der Waals surface area contributed by atoms with Gasteiger partial charge in [-0.15, -0.1) is 0 Å². The molecule has 28 heavy (non-hydrogen) atoms. The van der Waals surface area contributed by atoms with Crippen LogP contribution >= 0.6 is 0 Å². The van der Waals surface area contributed by atoms with Crippen molar-refractivity contribution in [3.8, 4) is 0 Å². The van der Waals surface area contributed by atoms with Crippen LogP contribution in [0.5, 0.6) is 0 Å². The van der Waals surface area contributed by atoms with Crippen molar-refractivity contribution in [1.29, 1.82) is 0 Å². The third-order valence-electron chi connectivity index (χ3n) is 6.60. The van der Waals surface area contributed by atoms with Crippen molar-refractivity contribution in [1.82, 2.24) is 4.90 Å². The molecule has 1 atom stereocenters. The summed E-state index contributed by atoms with van der Waals surface area (Å²) in [5.41, 5.74) is 3.93. The minimum Gasteiger partial charge on any atom is -0.269 e. The molecule has 3 nitrogen and oxygen atoms in total. The predicted molar refractivity (Wildman–Crippen MR) is 114 cm³/mol. The minimum atomic E-state index is -0.143. The van der Waals surface area contributed by atoms with Crippen LogP contribution in [0.3, 0.4) is 0 Å². The van der Waals surface area contributed by atoms with Gasteiger partial charge in [0.1, 0.15) is 0 Å². The molecule has 0 saturated carbocycles. The fourth-order valence-electron chi connectivity index (χ4n) is 5.13. The second-order valence-electron chi connectivity index (χ2n) is 8.67. The van der Waals surface area contributed by atoms with Crippen LogP contribution in [0.15, 0.2) is 30.4 Å². The average molecular weight is 382 g/mol. The van der Waals surface area contributed by atoms with Crippen LogP contribution in [0.4, 0.5) is 0 Å². The van der Waals surface area contributed by atoms with Crippen molar-refractivity contribution >= 4 is 11.8 Å². The van der Waals surface area contributed by atoms with Gasteiger partial charge in [-0.1, -0.05) is 71.1 Å². The van der Waals surface area contributed by atoms with Crippen molar-refractivity contribution in [3.63, 3.8) is 0 Å². The Morgan fingerprint density at radius 1 is 0.929 bits per heavy atom. The number of fused-ring (bicyclic) bond motifs is 1. The Labute approximate surface area is 170 Å². The summed E-state index contributed by atoms with van der Waals surface area (Å²) in [6.45, 7) is 6.67. The number of imide groups is 1. The van der Waals surface area contributed by atoms with Crippen molar-refractivity contribution in [3.05, 3.63) is 47.0 Å². The van der Waals surface area contributed by atoms with Crippen LogP contribution in [0.1, 0.15) is 94.9 Å². The quantitative estimate of drug-likeness (QED) is 0.472. The Balaban J connectivity index is 2.03. The predicted octanol–water partition coefficient (Wildman–Crippen LogP) is 5.92. The molecular weight excluding hydrogens is 346 g/mol. The summed E-state index contributed by atoms with van der Waals surface area (Å²) in [7, 11) is 0. The highest BCUT2D eigenvalue weighted by Crippen LogP contribution is 2.55. The van der Waals surface area contributed by atoms with Crippen LogP contribution in [0.2, 0.25) is 0 Å². The number of amides is 2. The van der Waals surface area contributed by atoms with E-state index in [2.05, 4.69) is 39.0 Å². The highest BCUT2D eigenvalue weighted by Gasteiger charge is 2.51. The first kappa shape index (κ1) is 20.8. The third-order valence-corrected chi connectivity index (χ3v) is 6.60. The number of carbonyl (C=O) groups excluding carboxylic acids is 2. The molecule has 0 aromatic heterocycles. The first-order valence-corrected chi connectivity index (χ1v) is 11.2. The summed E-state index contributed by atoms with van der Waals surface area (Å²) < 4.78 is 0. The molecule has 1 aliphatic heterocycles. The molecule has 0 fully saturated rings. The zero-order valence-corrected chi connectivity index (χ0v) is 17.8. The molecule has 1 heterocycles. The average Bonchev–Trinajstić information content (AvgIpc) is 3.18. The summed E-state index contributed by atoms with van der Waals surface area (Å²) in [5.74, 6) is -0.287. The first-order valence-electron chi connectivity index (χ1n) is 11.2. The Hall–Kier alpha value is -1.90. The Morgan fingerprint density at radius 3 is 2.11 bits per heavy atom. The molecule has 0 radical (unpaired) electrons. The largest absolute Gasteiger partial charge is 0.269 e. The van der Waals surface area contributed by atoms with Gasteiger partial charge in [0.25, 0.3) is 11.8 Å². The van der Waals surface area contributed by atoms with Crippen LogP contribution in [-0.4, -0.2) is 16.7 Å². The van der Waals surface area contributed by atoms with E-state index in [9.17, 15) is 9.59 Å². The van der Waals surface area contributed by atoms with Gasteiger partial charge in [-0.2, -0.15) is 0 Å². The highest BCUT2D eigenvalue weighted by atomic mass is 16.2. The molecule has 2 amide bonds. The van der Waals surface area contributed by atoms with E-state index in [0.29, 0.717) is 0 Å². The zero-order valence-electron chi connectivity index (χ0n) is 17.8. The number of benzene rings is 1. The summed E-state index contributed by atoms with van der Waals surface area (Å²) in [6.07, 6.45) is 14.1. The molecule has 1 aromatic rings. The summed E-state index contributed by atoms with van der Waals surface area (Å²) in [5, 5.41) is 0. The number of hydrogen-bond donors (Lipinski definition) is 0. The van der Waals surface area contributed by atoms with Gasteiger partial charge in [-0.25, -0.2) is 0 Å². The van der Waals surface area contributed by atoms with Gasteiger partial charge < -0.3 is 0 Å². The monoisotopic (exact) mass is 381 g/mol. The molecule has 0 spiro atoms. The van der Waals surface area contributed by atoms with Gasteiger partial charge >= 0.3 is 0 Å². The number of rotatable bonds is 10. The molecule has 0 saturated heterocycles. The van der Waals surface area contributed by atoms with Crippen molar-refractivity contribution in [2.24, 2.45) is 5.41 Å². The zero-order chi connectivity index (χ0) is 20.1. The first-order chi connectivity index (χ1) is 13.6. The second kappa shape index (κ2) is 9.07. The number of carbonyl (C=O) groups is 2. The van der Waals surface area contributed by atoms with Gasteiger partial charge in [0.05, 0.1) is 6.04 Å². The van der Waals surface area contributed by atoms with E-state index in [1.165, 1.54) is 41.7 Å². The van der Waals surface area contributed by atoms with Gasteiger partial charge in [0.15, 0.2) is 0 Å². The van der Waals surface area contributed by atoms with Crippen LogP contribution in [-0.2, 0) is 22.4 Å². The molecular formula is C25H35NO2. The Kier molecular flexibility index (Phi) is 6.74. The molecule has 152 valence electrons. The van der Waals surface area contributed by atoms with E-state index in [1.807, 2.05) is 0 Å². The SMILES string of the molecule is CCCCc1ccc2c(c1)CC(CCCC)(CCCC)[C@@H]2N1C(=O)C=CC1=O. The van der Waals surface area contributed by atoms with E-state index in [1.54, 1.807) is 4.90 Å². The van der Waals surface area contributed by atoms with Gasteiger partial charge in [-0.05, 0) is 54.2 Å². The maximum atomic E-state index is 12.6. The maximum Gasteiger partial charge on any atom is 0.254 e. The van der Waals surface area contributed by atoms with Crippen molar-refractivity contribution in [2.75, 3.05) is 0 Å². The fraction of sp³-hybridized carbons (Fsp3) is 0.600. The number of nitrogens with zero attached hydrogens (tertiary/aromatic N) is 1. The lowest BCUT2D eigenvalue weighted by molar-refractivity contribution is -0.143. The van der Waals surface area contributed by atoms with E-state index in [4.69, 9.17) is 0 Å². The molecule has 0 N–H and O–H groups in total. The van der Waals surface area contributed by atoms with E-state index >= 15 is 0 Å². The molecule has 3 rings (SSSR count). The van der Waals surface area contributed by atoms with Gasteiger partial charge in [0, 0.05) is 12.2 Å². The smallest absolute Gasteiger partial charge is 0.254 e. The van der Waals surface area contributed by atoms with Crippen LogP contribution in [0, 0.1) is 5.41 Å². The fourth-order valence-corrected chi connectivity index (χ4v) is 5.13. The Bertz CT molecular complexity index is 723. The van der Waals surface area contributed by atoms with E-state index < -0.39 is 0 Å². The van der Waals surface area contributed by atoms with E-state index in [-0.39, 0.29) is 23.3 Å². The second-order valence-corrected chi connectivity index (χ2v) is 8.67. The lowest BCUT2D eigenvalue weighted by atomic mass is 9.72. The molecule has 2 aliphatic rings. The topological polar surface area (TPSA) is 37.4 Å². The maximum absolute atomic E-state index is 12.6. The lowest BCUT2D eigenvalue weighted by Crippen LogP contribution is -2.42. The molecule has 1 aromatic carbocycles. The summed E-state index contributed by atoms with van der Waals surface area (Å²) >= 11 is 0. The number of aryl methyl sites for hydroxylation is 1. The van der Waals surface area contributed by atoms with E-state index in [0.717, 1.165) is 51.4 Å². The number of unbranched alkanes of at least 4 members (excludes halogenated alkanes) is 3. The van der Waals surface area contributed by atoms with Crippen LogP contribution < -0.4 is 0 Å². The third kappa shape index (κ3) is 3.94. The van der Waals surface area contributed by atoms with Gasteiger partial charge in [-0.3, -0.25) is 14.5 Å².